The van der Waals surface area contributed by atoms with E-state index < -0.39 is 23.4 Å². The summed E-state index contributed by atoms with van der Waals surface area (Å²) in [6.07, 6.45) is 2.08. The fourth-order valence-electron chi connectivity index (χ4n) is 6.85. The standard InChI is InChI=1S/C33H26N2O3S/c1-19-13-15-21(16-14-19)30(36)28-29(31(37)26-12-7-17-39-26)35-25-11-6-3-8-22(25)20(2)18-27(35)33(28)23-9-4-5-10-24(23)34-32(33)38/h3-18,27-29H,1-2H3,(H,34,38)/t27-,28+,29+,33-/m1/s1. The van der Waals surface area contributed by atoms with Crippen LogP contribution in [0.1, 0.15) is 43.6 Å². The molecule has 39 heavy (non-hydrogen) atoms. The van der Waals surface area contributed by atoms with Crippen LogP contribution in [0.5, 0.6) is 0 Å². The number of nitrogens with zero attached hydrogens (tertiary/aromatic N) is 1. The van der Waals surface area contributed by atoms with E-state index in [0.29, 0.717) is 16.1 Å². The molecule has 4 aromatic rings. The minimum atomic E-state index is -1.29. The smallest absolute Gasteiger partial charge is 0.238 e. The third kappa shape index (κ3) is 3.21. The van der Waals surface area contributed by atoms with Gasteiger partial charge in [0.2, 0.25) is 5.91 Å². The van der Waals surface area contributed by atoms with Crippen LogP contribution in [0, 0.1) is 12.8 Å². The molecule has 3 aliphatic heterocycles. The van der Waals surface area contributed by atoms with Crippen LogP contribution in [0.15, 0.2) is 96.4 Å². The maximum absolute atomic E-state index is 14.7. The van der Waals surface area contributed by atoms with Crippen molar-refractivity contribution < 1.29 is 14.4 Å². The molecule has 1 spiro atoms. The van der Waals surface area contributed by atoms with E-state index in [0.717, 1.165) is 28.0 Å². The van der Waals surface area contributed by atoms with Gasteiger partial charge in [0.05, 0.1) is 16.8 Å². The van der Waals surface area contributed by atoms with Crippen molar-refractivity contribution in [3.63, 3.8) is 0 Å². The number of hydrogen-bond acceptors (Lipinski definition) is 5. The lowest BCUT2D eigenvalue weighted by Gasteiger charge is -2.39. The van der Waals surface area contributed by atoms with E-state index in [9.17, 15) is 14.4 Å². The lowest BCUT2D eigenvalue weighted by molar-refractivity contribution is -0.121. The van der Waals surface area contributed by atoms with Crippen molar-refractivity contribution in [2.45, 2.75) is 31.3 Å². The third-order valence-corrected chi connectivity index (χ3v) is 9.42. The Morgan fingerprint density at radius 3 is 2.38 bits per heavy atom. The summed E-state index contributed by atoms with van der Waals surface area (Å²) in [5.41, 5.74) is 4.60. The second-order valence-corrected chi connectivity index (χ2v) is 11.5. The largest absolute Gasteiger partial charge is 0.352 e. The predicted octanol–water partition coefficient (Wildman–Crippen LogP) is 6.30. The highest BCUT2D eigenvalue weighted by Gasteiger charge is 2.70. The minimum absolute atomic E-state index is 0.141. The number of carbonyl (C=O) groups is 3. The van der Waals surface area contributed by atoms with Crippen molar-refractivity contribution in [2.24, 2.45) is 5.92 Å². The molecular formula is C33H26N2O3S. The SMILES string of the molecule is CC1=C[C@H]2N(c3ccccc31)[C@H](C(=O)c1cccs1)[C@@H](C(=O)c1ccc(C)cc1)[C@]21C(=O)Nc2ccccc21. The molecule has 0 unspecified atom stereocenters. The second-order valence-electron chi connectivity index (χ2n) is 10.6. The van der Waals surface area contributed by atoms with Gasteiger partial charge in [0, 0.05) is 22.5 Å². The molecule has 1 saturated heterocycles. The van der Waals surface area contributed by atoms with Crippen LogP contribution in [0.4, 0.5) is 11.4 Å². The van der Waals surface area contributed by atoms with Gasteiger partial charge in [-0.2, -0.15) is 0 Å². The number of benzene rings is 3. The lowest BCUT2D eigenvalue weighted by atomic mass is 9.64. The predicted molar refractivity (Wildman–Crippen MR) is 155 cm³/mol. The van der Waals surface area contributed by atoms with Gasteiger partial charge in [0.25, 0.3) is 0 Å². The number of nitrogens with one attached hydrogen (secondary N) is 1. The summed E-state index contributed by atoms with van der Waals surface area (Å²) in [5.74, 6) is -1.53. The summed E-state index contributed by atoms with van der Waals surface area (Å²) in [6.45, 7) is 4.01. The fourth-order valence-corrected chi connectivity index (χ4v) is 7.55. The summed E-state index contributed by atoms with van der Waals surface area (Å²) in [5, 5.41) is 4.96. The molecule has 7 rings (SSSR count). The summed E-state index contributed by atoms with van der Waals surface area (Å²) >= 11 is 1.36. The quantitative estimate of drug-likeness (QED) is 0.314. The lowest BCUT2D eigenvalue weighted by Crippen LogP contribution is -2.51. The zero-order valence-electron chi connectivity index (χ0n) is 21.5. The number of carbonyl (C=O) groups excluding carboxylic acids is 3. The zero-order valence-corrected chi connectivity index (χ0v) is 22.4. The number of anilines is 2. The van der Waals surface area contributed by atoms with Gasteiger partial charge in [-0.15, -0.1) is 11.3 Å². The molecule has 1 aromatic heterocycles. The Labute approximate surface area is 230 Å². The van der Waals surface area contributed by atoms with Gasteiger partial charge in [0.15, 0.2) is 11.6 Å². The first-order valence-electron chi connectivity index (χ1n) is 13.1. The van der Waals surface area contributed by atoms with Crippen molar-refractivity contribution in [1.82, 2.24) is 0 Å². The molecule has 192 valence electrons. The van der Waals surface area contributed by atoms with Crippen LogP contribution in [-0.2, 0) is 10.2 Å². The molecule has 4 atom stereocenters. The number of ketones is 2. The second kappa shape index (κ2) is 8.61. The Balaban J connectivity index is 1.56. The summed E-state index contributed by atoms with van der Waals surface area (Å²) in [7, 11) is 0. The number of allylic oxidation sites excluding steroid dienone is 1. The molecule has 6 heteroatoms. The highest BCUT2D eigenvalue weighted by Crippen LogP contribution is 2.58. The summed E-state index contributed by atoms with van der Waals surface area (Å²) < 4.78 is 0. The van der Waals surface area contributed by atoms with E-state index in [2.05, 4.69) is 16.3 Å². The topological polar surface area (TPSA) is 66.5 Å². The number of rotatable bonds is 4. The van der Waals surface area contributed by atoms with Crippen LogP contribution in [0.3, 0.4) is 0 Å². The molecular weight excluding hydrogens is 504 g/mol. The van der Waals surface area contributed by atoms with Gasteiger partial charge in [0.1, 0.15) is 11.5 Å². The molecule has 0 saturated carbocycles. The highest BCUT2D eigenvalue weighted by atomic mass is 32.1. The summed E-state index contributed by atoms with van der Waals surface area (Å²) in [4.78, 5) is 46.2. The van der Waals surface area contributed by atoms with Crippen LogP contribution >= 0.6 is 11.3 Å². The van der Waals surface area contributed by atoms with E-state index in [4.69, 9.17) is 0 Å². The molecule has 0 aliphatic carbocycles. The maximum atomic E-state index is 14.7. The molecule has 0 bridgehead atoms. The Morgan fingerprint density at radius 2 is 1.62 bits per heavy atom. The van der Waals surface area contributed by atoms with E-state index in [1.807, 2.05) is 98.1 Å². The molecule has 5 nitrogen and oxygen atoms in total. The van der Waals surface area contributed by atoms with Crippen molar-refractivity contribution in [2.75, 3.05) is 10.2 Å². The zero-order chi connectivity index (χ0) is 26.9. The Hall–Kier alpha value is -4.29. The number of para-hydroxylation sites is 2. The van der Waals surface area contributed by atoms with Crippen molar-refractivity contribution in [3.8, 4) is 0 Å². The van der Waals surface area contributed by atoms with Gasteiger partial charge in [-0.3, -0.25) is 14.4 Å². The summed E-state index contributed by atoms with van der Waals surface area (Å²) in [6, 6.07) is 25.2. The number of aryl methyl sites for hydroxylation is 1. The molecule has 1 amide bonds. The van der Waals surface area contributed by atoms with E-state index >= 15 is 0 Å². The van der Waals surface area contributed by atoms with Gasteiger partial charge in [-0.05, 0) is 48.6 Å². The monoisotopic (exact) mass is 530 g/mol. The number of hydrogen-bond donors (Lipinski definition) is 1. The van der Waals surface area contributed by atoms with E-state index in [-0.39, 0.29) is 17.5 Å². The number of fused-ring (bicyclic) bond motifs is 6. The number of Topliss-reactive ketones (excluding diaryl/α,β-unsaturated/α-hetero) is 2. The first-order chi connectivity index (χ1) is 18.9. The van der Waals surface area contributed by atoms with Crippen LogP contribution in [-0.4, -0.2) is 29.6 Å². The average molecular weight is 531 g/mol. The van der Waals surface area contributed by atoms with Gasteiger partial charge >= 0.3 is 0 Å². The van der Waals surface area contributed by atoms with Gasteiger partial charge in [-0.25, -0.2) is 0 Å². The average Bonchev–Trinajstić information content (AvgIpc) is 3.66. The maximum Gasteiger partial charge on any atom is 0.238 e. The number of thiophene rings is 1. The molecule has 1 fully saturated rings. The van der Waals surface area contributed by atoms with Crippen molar-refractivity contribution >= 4 is 45.8 Å². The molecule has 3 aromatic carbocycles. The Kier molecular flexibility index (Phi) is 5.26. The van der Waals surface area contributed by atoms with Gasteiger partial charge < -0.3 is 10.2 Å². The first kappa shape index (κ1) is 23.8. The Morgan fingerprint density at radius 1 is 0.872 bits per heavy atom. The molecule has 4 heterocycles. The molecule has 3 aliphatic rings. The molecule has 0 radical (unpaired) electrons. The minimum Gasteiger partial charge on any atom is -0.352 e. The Bertz CT molecular complexity index is 1690. The van der Waals surface area contributed by atoms with E-state index in [1.165, 1.54) is 11.3 Å². The third-order valence-electron chi connectivity index (χ3n) is 8.53. The van der Waals surface area contributed by atoms with Crippen LogP contribution in [0.2, 0.25) is 0 Å². The van der Waals surface area contributed by atoms with E-state index in [1.54, 1.807) is 6.07 Å². The first-order valence-corrected chi connectivity index (χ1v) is 14.0. The number of amides is 1. The van der Waals surface area contributed by atoms with Crippen molar-refractivity contribution in [3.05, 3.63) is 124 Å². The normalized spacial score (nSPS) is 24.6. The fraction of sp³-hybridized carbons (Fsp3) is 0.182. The molecule has 1 N–H and O–H groups in total. The van der Waals surface area contributed by atoms with Crippen LogP contribution < -0.4 is 10.2 Å². The van der Waals surface area contributed by atoms with Crippen LogP contribution in [0.25, 0.3) is 5.57 Å². The van der Waals surface area contributed by atoms with Gasteiger partial charge in [-0.1, -0.05) is 78.4 Å². The highest BCUT2D eigenvalue weighted by molar-refractivity contribution is 7.12. The van der Waals surface area contributed by atoms with Crippen molar-refractivity contribution in [1.29, 1.82) is 0 Å².